The predicted molar refractivity (Wildman–Crippen MR) is 51.4 cm³/mol. The third-order valence-corrected chi connectivity index (χ3v) is 1.90. The smallest absolute Gasteiger partial charge is 0.321 e. The summed E-state index contributed by atoms with van der Waals surface area (Å²) in [6.45, 7) is 6.25. The number of hydrogen-bond acceptors (Lipinski definition) is 4. The number of carboxylic acid groups (broad SMARTS) is 1. The van der Waals surface area contributed by atoms with E-state index in [1.54, 1.807) is 0 Å². The molecule has 0 amide bonds. The van der Waals surface area contributed by atoms with Crippen LogP contribution < -0.4 is 0 Å². The van der Waals surface area contributed by atoms with E-state index >= 15 is 0 Å². The largest absolute Gasteiger partial charge is 0.480 e. The van der Waals surface area contributed by atoms with Crippen LogP contribution in [0.4, 0.5) is 0 Å². The maximum atomic E-state index is 10.8. The van der Waals surface area contributed by atoms with Crippen LogP contribution in [0.5, 0.6) is 0 Å². The van der Waals surface area contributed by atoms with Crippen LogP contribution in [-0.4, -0.2) is 44.7 Å². The third-order valence-electron chi connectivity index (χ3n) is 1.90. The second-order valence-electron chi connectivity index (χ2n) is 3.09. The van der Waals surface area contributed by atoms with Gasteiger partial charge >= 0.3 is 5.97 Å². The number of aliphatic carboxylic acids is 1. The lowest BCUT2D eigenvalue weighted by molar-refractivity contribution is -0.160. The lowest BCUT2D eigenvalue weighted by Gasteiger charge is -2.32. The van der Waals surface area contributed by atoms with Gasteiger partial charge in [0.25, 0.3) is 0 Å². The Morgan fingerprint density at radius 1 is 1.43 bits per heavy atom. The van der Waals surface area contributed by atoms with Crippen molar-refractivity contribution in [2.24, 2.45) is 0 Å². The fourth-order valence-corrected chi connectivity index (χ4v) is 1.34. The van der Waals surface area contributed by atoms with Crippen LogP contribution in [0, 0.1) is 0 Å². The number of rotatable bonds is 6. The number of hydrogen-bond donors (Lipinski definition) is 3. The number of carboxylic acids is 1. The Labute approximate surface area is 83.3 Å². The first-order chi connectivity index (χ1) is 6.41. The molecule has 0 aliphatic heterocycles. The molecule has 5 heteroatoms. The number of nitrogens with zero attached hydrogens (tertiary/aromatic N) is 1. The van der Waals surface area contributed by atoms with E-state index in [0.29, 0.717) is 0 Å². The summed E-state index contributed by atoms with van der Waals surface area (Å²) in [5.41, 5.74) is 0. The molecule has 0 fully saturated rings. The van der Waals surface area contributed by atoms with Crippen molar-refractivity contribution in [3.63, 3.8) is 0 Å². The van der Waals surface area contributed by atoms with Gasteiger partial charge in [-0.2, -0.15) is 0 Å². The average molecular weight is 203 g/mol. The summed E-state index contributed by atoms with van der Waals surface area (Å²) in [6.07, 6.45) is -0.422. The van der Waals surface area contributed by atoms with Gasteiger partial charge in [0.15, 0.2) is 0 Å². The summed E-state index contributed by atoms with van der Waals surface area (Å²) in [5, 5.41) is 27.5. The molecule has 0 aromatic carbocycles. The van der Waals surface area contributed by atoms with Crippen LogP contribution in [0.1, 0.15) is 20.3 Å². The van der Waals surface area contributed by atoms with E-state index in [1.807, 2.05) is 0 Å². The van der Waals surface area contributed by atoms with Gasteiger partial charge in [0.05, 0.1) is 0 Å². The molecule has 82 valence electrons. The lowest BCUT2D eigenvalue weighted by atomic mass is 10.1. The van der Waals surface area contributed by atoms with Crippen LogP contribution in [0.3, 0.4) is 0 Å². The number of carbonyl (C=O) groups is 1. The predicted octanol–water partition coefficient (Wildman–Crippen LogP) is -0.00570. The van der Waals surface area contributed by atoms with Crippen molar-refractivity contribution in [2.45, 2.75) is 38.8 Å². The van der Waals surface area contributed by atoms with Gasteiger partial charge in [-0.25, -0.2) is 4.90 Å². The van der Waals surface area contributed by atoms with Gasteiger partial charge in [-0.05, 0) is 20.3 Å². The standard InChI is InChI=1S/C9H17NO4/c1-4-5-8(9(13)14)10(6(2)11)7(3)12/h4,6-8,11-12H,1,5H2,2-3H3,(H,13,14). The maximum absolute atomic E-state index is 10.8. The molecule has 0 spiro atoms. The number of aliphatic hydroxyl groups excluding tert-OH is 2. The van der Waals surface area contributed by atoms with Crippen LogP contribution in [0.25, 0.3) is 0 Å². The molecular weight excluding hydrogens is 186 g/mol. The molecule has 0 aliphatic rings. The molecule has 0 aromatic heterocycles. The Morgan fingerprint density at radius 2 is 1.86 bits per heavy atom. The molecular formula is C9H17NO4. The summed E-state index contributed by atoms with van der Waals surface area (Å²) in [6, 6.07) is -0.951. The van der Waals surface area contributed by atoms with Gasteiger partial charge in [0.2, 0.25) is 0 Å². The first-order valence-corrected chi connectivity index (χ1v) is 4.39. The SMILES string of the molecule is C=CCC(C(=O)O)N(C(C)O)C(C)O. The van der Waals surface area contributed by atoms with Crippen molar-refractivity contribution in [3.8, 4) is 0 Å². The number of aliphatic hydroxyl groups is 2. The first-order valence-electron chi connectivity index (χ1n) is 4.39. The van der Waals surface area contributed by atoms with E-state index < -0.39 is 24.5 Å². The fourth-order valence-electron chi connectivity index (χ4n) is 1.34. The summed E-state index contributed by atoms with van der Waals surface area (Å²) in [5.74, 6) is -1.09. The molecule has 5 nitrogen and oxygen atoms in total. The molecule has 0 aliphatic carbocycles. The van der Waals surface area contributed by atoms with Crippen molar-refractivity contribution in [2.75, 3.05) is 0 Å². The molecule has 3 N–H and O–H groups in total. The molecule has 0 saturated carbocycles. The van der Waals surface area contributed by atoms with Crippen molar-refractivity contribution in [1.82, 2.24) is 4.90 Å². The molecule has 0 aromatic rings. The highest BCUT2D eigenvalue weighted by Gasteiger charge is 2.30. The van der Waals surface area contributed by atoms with Gasteiger partial charge in [0.1, 0.15) is 18.5 Å². The minimum Gasteiger partial charge on any atom is -0.480 e. The van der Waals surface area contributed by atoms with Gasteiger partial charge in [-0.3, -0.25) is 4.79 Å². The van der Waals surface area contributed by atoms with Crippen molar-refractivity contribution < 1.29 is 20.1 Å². The second kappa shape index (κ2) is 5.74. The highest BCUT2D eigenvalue weighted by Crippen LogP contribution is 2.12. The van der Waals surface area contributed by atoms with Gasteiger partial charge in [0, 0.05) is 0 Å². The quantitative estimate of drug-likeness (QED) is 0.418. The molecule has 0 bridgehead atoms. The van der Waals surface area contributed by atoms with E-state index in [9.17, 15) is 15.0 Å². The molecule has 3 unspecified atom stereocenters. The van der Waals surface area contributed by atoms with Gasteiger partial charge in [-0.1, -0.05) is 6.08 Å². The van der Waals surface area contributed by atoms with Crippen LogP contribution in [0.2, 0.25) is 0 Å². The van der Waals surface area contributed by atoms with Gasteiger partial charge in [-0.15, -0.1) is 6.58 Å². The monoisotopic (exact) mass is 203 g/mol. The zero-order valence-corrected chi connectivity index (χ0v) is 8.42. The van der Waals surface area contributed by atoms with Crippen molar-refractivity contribution in [1.29, 1.82) is 0 Å². The third kappa shape index (κ3) is 3.45. The van der Waals surface area contributed by atoms with Gasteiger partial charge < -0.3 is 15.3 Å². The van der Waals surface area contributed by atoms with Crippen LogP contribution >= 0.6 is 0 Å². The Kier molecular flexibility index (Phi) is 5.37. The highest BCUT2D eigenvalue weighted by atomic mass is 16.4. The van der Waals surface area contributed by atoms with E-state index in [2.05, 4.69) is 6.58 Å². The zero-order chi connectivity index (χ0) is 11.3. The minimum absolute atomic E-state index is 0.172. The lowest BCUT2D eigenvalue weighted by Crippen LogP contribution is -2.50. The Morgan fingerprint density at radius 3 is 2.07 bits per heavy atom. The molecule has 3 atom stereocenters. The van der Waals surface area contributed by atoms with E-state index in [0.717, 1.165) is 4.90 Å². The Balaban J connectivity index is 4.72. The van der Waals surface area contributed by atoms with Crippen molar-refractivity contribution >= 4 is 5.97 Å². The Bertz CT molecular complexity index is 195. The summed E-state index contributed by atoms with van der Waals surface area (Å²) in [7, 11) is 0. The molecule has 0 radical (unpaired) electrons. The van der Waals surface area contributed by atoms with Crippen LogP contribution in [-0.2, 0) is 4.79 Å². The average Bonchev–Trinajstić information content (AvgIpc) is 2.01. The summed E-state index contributed by atoms with van der Waals surface area (Å²) < 4.78 is 0. The molecule has 0 rings (SSSR count). The van der Waals surface area contributed by atoms with E-state index in [1.165, 1.54) is 19.9 Å². The second-order valence-corrected chi connectivity index (χ2v) is 3.09. The molecule has 0 saturated heterocycles. The summed E-state index contributed by atoms with van der Waals surface area (Å²) >= 11 is 0. The molecule has 14 heavy (non-hydrogen) atoms. The minimum atomic E-state index is -1.09. The summed E-state index contributed by atoms with van der Waals surface area (Å²) in [4.78, 5) is 11.9. The first kappa shape index (κ1) is 13.1. The fraction of sp³-hybridized carbons (Fsp3) is 0.667. The Hall–Kier alpha value is -0.910. The van der Waals surface area contributed by atoms with E-state index in [4.69, 9.17) is 5.11 Å². The normalized spacial score (nSPS) is 17.5. The van der Waals surface area contributed by atoms with Crippen LogP contribution in [0.15, 0.2) is 12.7 Å². The molecule has 0 heterocycles. The maximum Gasteiger partial charge on any atom is 0.321 e. The highest BCUT2D eigenvalue weighted by molar-refractivity contribution is 5.73. The van der Waals surface area contributed by atoms with E-state index in [-0.39, 0.29) is 6.42 Å². The zero-order valence-electron chi connectivity index (χ0n) is 8.42. The topological polar surface area (TPSA) is 81.0 Å². The van der Waals surface area contributed by atoms with Crippen molar-refractivity contribution in [3.05, 3.63) is 12.7 Å².